The maximum absolute atomic E-state index is 11.8. The summed E-state index contributed by atoms with van der Waals surface area (Å²) in [6, 6.07) is 0. The molecule has 4 nitrogen and oxygen atoms in total. The molecule has 0 aromatic carbocycles. The molecular formula is C20H36O4Si. The van der Waals surface area contributed by atoms with Gasteiger partial charge in [0.05, 0.1) is 25.4 Å². The summed E-state index contributed by atoms with van der Waals surface area (Å²) in [6.45, 7) is 15.0. The van der Waals surface area contributed by atoms with E-state index in [9.17, 15) is 9.90 Å². The third kappa shape index (κ3) is 9.22. The summed E-state index contributed by atoms with van der Waals surface area (Å²) in [6.07, 6.45) is 5.34. The van der Waals surface area contributed by atoms with Gasteiger partial charge in [-0.2, -0.15) is 0 Å². The third-order valence-electron chi connectivity index (χ3n) is 4.55. The number of carbonyl (C=O) groups excluding carboxylic acids is 1. The first-order chi connectivity index (χ1) is 11.4. The van der Waals surface area contributed by atoms with Crippen LogP contribution >= 0.6 is 0 Å². The van der Waals surface area contributed by atoms with Crippen molar-refractivity contribution in [2.24, 2.45) is 0 Å². The third-order valence-corrected chi connectivity index (χ3v) is 9.05. The maximum atomic E-state index is 11.8. The van der Waals surface area contributed by atoms with E-state index in [1.807, 2.05) is 6.92 Å². The van der Waals surface area contributed by atoms with Gasteiger partial charge in [-0.1, -0.05) is 46.3 Å². The van der Waals surface area contributed by atoms with Crippen LogP contribution in [0.25, 0.3) is 0 Å². The van der Waals surface area contributed by atoms with Crippen molar-refractivity contribution in [3.8, 4) is 0 Å². The quantitative estimate of drug-likeness (QED) is 0.210. The minimum Gasteiger partial charge on any atom is -0.465 e. The average molecular weight is 369 g/mol. The van der Waals surface area contributed by atoms with Gasteiger partial charge in [0.15, 0.2) is 8.32 Å². The lowest BCUT2D eigenvalue weighted by molar-refractivity contribution is -0.136. The van der Waals surface area contributed by atoms with Crippen molar-refractivity contribution in [1.29, 1.82) is 0 Å². The highest BCUT2D eigenvalue weighted by atomic mass is 28.4. The SMILES string of the molecule is CCCCC(=C=C(C)/C=C/[C@@H](O)CO[Si](C)(C)C(C)(C)C)C(=O)OC. The zero-order valence-electron chi connectivity index (χ0n) is 17.2. The predicted molar refractivity (Wildman–Crippen MR) is 106 cm³/mol. The van der Waals surface area contributed by atoms with Crippen LogP contribution in [0.3, 0.4) is 0 Å². The van der Waals surface area contributed by atoms with E-state index in [1.165, 1.54) is 7.11 Å². The number of hydrogen-bond donors (Lipinski definition) is 1. The van der Waals surface area contributed by atoms with Gasteiger partial charge in [0, 0.05) is 0 Å². The van der Waals surface area contributed by atoms with E-state index in [1.54, 1.807) is 12.2 Å². The van der Waals surface area contributed by atoms with Crippen LogP contribution in [0, 0.1) is 0 Å². The molecule has 0 amide bonds. The van der Waals surface area contributed by atoms with Crippen molar-refractivity contribution in [2.45, 2.75) is 78.1 Å². The fourth-order valence-electron chi connectivity index (χ4n) is 1.79. The Kier molecular flexibility index (Phi) is 10.3. The number of unbranched alkanes of at least 4 members (excludes halogenated alkanes) is 1. The number of aliphatic hydroxyl groups excluding tert-OH is 1. The summed E-state index contributed by atoms with van der Waals surface area (Å²) < 4.78 is 10.8. The molecule has 0 bridgehead atoms. The summed E-state index contributed by atoms with van der Waals surface area (Å²) in [5.74, 6) is -0.344. The van der Waals surface area contributed by atoms with Crippen molar-refractivity contribution >= 4 is 14.3 Å². The molecule has 1 N–H and O–H groups in total. The molecule has 0 fully saturated rings. The Bertz CT molecular complexity index is 520. The molecule has 0 saturated heterocycles. The zero-order chi connectivity index (χ0) is 19.7. The molecule has 1 atom stereocenters. The number of rotatable bonds is 9. The molecular weight excluding hydrogens is 332 g/mol. The first kappa shape index (κ1) is 23.9. The summed E-state index contributed by atoms with van der Waals surface area (Å²) in [7, 11) is -0.488. The molecule has 5 heteroatoms. The molecule has 0 heterocycles. The van der Waals surface area contributed by atoms with Gasteiger partial charge in [0.1, 0.15) is 0 Å². The lowest BCUT2D eigenvalue weighted by atomic mass is 10.1. The maximum Gasteiger partial charge on any atom is 0.341 e. The van der Waals surface area contributed by atoms with Crippen LogP contribution in [0.15, 0.2) is 29.0 Å². The highest BCUT2D eigenvalue weighted by Gasteiger charge is 2.37. The number of carbonyl (C=O) groups is 1. The van der Waals surface area contributed by atoms with Gasteiger partial charge in [-0.15, -0.1) is 5.73 Å². The van der Waals surface area contributed by atoms with E-state index >= 15 is 0 Å². The summed E-state index contributed by atoms with van der Waals surface area (Å²) in [5, 5.41) is 10.2. The van der Waals surface area contributed by atoms with Crippen molar-refractivity contribution in [1.82, 2.24) is 0 Å². The molecule has 144 valence electrons. The molecule has 0 aliphatic heterocycles. The van der Waals surface area contributed by atoms with Crippen molar-refractivity contribution < 1.29 is 19.1 Å². The summed E-state index contributed by atoms with van der Waals surface area (Å²) in [4.78, 5) is 11.8. The van der Waals surface area contributed by atoms with Crippen LogP contribution in [-0.2, 0) is 14.0 Å². The Labute approximate surface area is 154 Å². The van der Waals surface area contributed by atoms with Gasteiger partial charge in [-0.25, -0.2) is 4.79 Å². The Balaban J connectivity index is 4.97. The first-order valence-electron chi connectivity index (χ1n) is 8.99. The summed E-state index contributed by atoms with van der Waals surface area (Å²) >= 11 is 0. The van der Waals surface area contributed by atoms with Crippen LogP contribution in [0.4, 0.5) is 0 Å². The van der Waals surface area contributed by atoms with Gasteiger partial charge < -0.3 is 14.3 Å². The minimum atomic E-state index is -1.87. The summed E-state index contributed by atoms with van der Waals surface area (Å²) in [5.41, 5.74) is 4.40. The largest absolute Gasteiger partial charge is 0.465 e. The van der Waals surface area contributed by atoms with Crippen LogP contribution in [0.5, 0.6) is 0 Å². The smallest absolute Gasteiger partial charge is 0.341 e. The Morgan fingerprint density at radius 2 is 1.92 bits per heavy atom. The van der Waals surface area contributed by atoms with E-state index in [0.717, 1.165) is 18.4 Å². The number of allylic oxidation sites excluding steroid dienone is 1. The first-order valence-corrected chi connectivity index (χ1v) is 11.9. The molecule has 0 radical (unpaired) electrons. The van der Waals surface area contributed by atoms with Crippen molar-refractivity contribution in [3.63, 3.8) is 0 Å². The number of aliphatic hydroxyl groups is 1. The lowest BCUT2D eigenvalue weighted by Crippen LogP contribution is -2.42. The zero-order valence-corrected chi connectivity index (χ0v) is 18.2. The number of esters is 1. The normalized spacial score (nSPS) is 13.5. The topological polar surface area (TPSA) is 55.8 Å². The second kappa shape index (κ2) is 10.8. The van der Waals surface area contributed by atoms with Gasteiger partial charge in [-0.05, 0) is 43.5 Å². The van der Waals surface area contributed by atoms with E-state index in [0.29, 0.717) is 12.0 Å². The molecule has 0 aromatic rings. The molecule has 0 aliphatic carbocycles. The van der Waals surface area contributed by atoms with Gasteiger partial charge in [0.25, 0.3) is 0 Å². The van der Waals surface area contributed by atoms with Crippen LogP contribution < -0.4 is 0 Å². The molecule has 0 aliphatic rings. The Morgan fingerprint density at radius 3 is 2.40 bits per heavy atom. The predicted octanol–water partition coefficient (Wildman–Crippen LogP) is 4.76. The number of methoxy groups -OCH3 is 1. The molecule has 0 saturated carbocycles. The minimum absolute atomic E-state index is 0.115. The van der Waals surface area contributed by atoms with Crippen LogP contribution in [-0.4, -0.2) is 39.2 Å². The van der Waals surface area contributed by atoms with Gasteiger partial charge >= 0.3 is 5.97 Å². The molecule has 0 spiro atoms. The average Bonchev–Trinajstić information content (AvgIpc) is 2.53. The Hall–Kier alpha value is -1.13. The van der Waals surface area contributed by atoms with Crippen molar-refractivity contribution in [3.05, 3.63) is 29.0 Å². The highest BCUT2D eigenvalue weighted by molar-refractivity contribution is 6.74. The van der Waals surface area contributed by atoms with Crippen LogP contribution in [0.2, 0.25) is 18.1 Å². The van der Waals surface area contributed by atoms with Crippen LogP contribution in [0.1, 0.15) is 53.9 Å². The molecule has 0 aromatic heterocycles. The molecule has 0 rings (SSSR count). The Morgan fingerprint density at radius 1 is 1.32 bits per heavy atom. The standard InChI is InChI=1S/C20H36O4Si/c1-9-10-11-17(19(22)23-6)14-16(2)12-13-18(21)15-24-25(7,8)20(3,4)5/h12-13,18,21H,9-11,15H2,1-8H3/b13-12+/t14?,18-/m1/s1. The van der Waals surface area contributed by atoms with E-state index in [4.69, 9.17) is 9.16 Å². The monoisotopic (exact) mass is 368 g/mol. The fourth-order valence-corrected chi connectivity index (χ4v) is 2.81. The number of hydrogen-bond acceptors (Lipinski definition) is 4. The van der Waals surface area contributed by atoms with E-state index in [2.05, 4.69) is 46.5 Å². The van der Waals surface area contributed by atoms with E-state index < -0.39 is 14.4 Å². The van der Waals surface area contributed by atoms with E-state index in [-0.39, 0.29) is 17.6 Å². The highest BCUT2D eigenvalue weighted by Crippen LogP contribution is 2.36. The second-order valence-corrected chi connectivity index (χ2v) is 12.7. The van der Waals surface area contributed by atoms with Crippen molar-refractivity contribution in [2.75, 3.05) is 13.7 Å². The van der Waals surface area contributed by atoms with Gasteiger partial charge in [0.2, 0.25) is 0 Å². The molecule has 25 heavy (non-hydrogen) atoms. The fraction of sp³-hybridized carbons (Fsp3) is 0.700. The number of ether oxygens (including phenoxy) is 1. The second-order valence-electron chi connectivity index (χ2n) is 7.88. The molecule has 0 unspecified atom stereocenters. The van der Waals surface area contributed by atoms with Gasteiger partial charge in [-0.3, -0.25) is 0 Å². The lowest BCUT2D eigenvalue weighted by Gasteiger charge is -2.36.